The fraction of sp³-hybridized carbons (Fsp3) is 0.200. The smallest absolute Gasteiger partial charge is 0.201 e. The van der Waals surface area contributed by atoms with Crippen LogP contribution in [0.4, 0.5) is 18.9 Å². The van der Waals surface area contributed by atoms with Crippen molar-refractivity contribution in [1.29, 1.82) is 0 Å². The van der Waals surface area contributed by atoms with Crippen LogP contribution in [0.3, 0.4) is 0 Å². The summed E-state index contributed by atoms with van der Waals surface area (Å²) in [5.41, 5.74) is -4.52. The van der Waals surface area contributed by atoms with E-state index in [0.29, 0.717) is 0 Å². The lowest BCUT2D eigenvalue weighted by Gasteiger charge is -2.27. The zero-order valence-corrected chi connectivity index (χ0v) is 15.4. The fourth-order valence-electron chi connectivity index (χ4n) is 3.28. The van der Waals surface area contributed by atoms with Gasteiger partial charge in [-0.3, -0.25) is 9.59 Å². The molecular formula is C20H16F3NO6. The number of phenols is 2. The molecule has 1 aliphatic rings. The third kappa shape index (κ3) is 3.10. The number of benzene rings is 2. The minimum Gasteiger partial charge on any atom is -0.507 e. The molecule has 0 saturated carbocycles. The summed E-state index contributed by atoms with van der Waals surface area (Å²) in [5.74, 6) is -9.99. The molecule has 5 N–H and O–H groups in total. The molecule has 0 aliphatic heterocycles. The number of fused-ring (bicyclic) bond motifs is 2. The van der Waals surface area contributed by atoms with E-state index in [1.54, 1.807) is 6.92 Å². The minimum atomic E-state index is -2.07. The maximum absolute atomic E-state index is 14.6. The van der Waals surface area contributed by atoms with Gasteiger partial charge in [0.15, 0.2) is 17.5 Å². The number of aliphatic hydroxyl groups excluding tert-OH is 2. The highest BCUT2D eigenvalue weighted by atomic mass is 19.2. The summed E-state index contributed by atoms with van der Waals surface area (Å²) in [6.45, 7) is 0.746. The molecule has 2 aromatic carbocycles. The molecule has 0 spiro atoms. The Balaban J connectivity index is 2.31. The zero-order valence-electron chi connectivity index (χ0n) is 15.4. The standard InChI is InChI=1S/C20H16F3NO6/c1-2-3-8(26)7(6-25)24-18-14-13(15(21)16(22)17(18)23)19(29)11-9(27)4-5-10(28)12(11)20(14)30/h2-5,7-8,24-28H,6H2,1H3/b3-2+. The third-order valence-electron chi connectivity index (χ3n) is 4.72. The summed E-state index contributed by atoms with van der Waals surface area (Å²) >= 11 is 0. The summed E-state index contributed by atoms with van der Waals surface area (Å²) in [6.07, 6.45) is 1.21. The van der Waals surface area contributed by atoms with E-state index in [-0.39, 0.29) is 0 Å². The maximum atomic E-state index is 14.6. The monoisotopic (exact) mass is 423 g/mol. The van der Waals surface area contributed by atoms with Gasteiger partial charge in [-0.25, -0.2) is 13.2 Å². The van der Waals surface area contributed by atoms with E-state index < -0.39 is 87.2 Å². The van der Waals surface area contributed by atoms with Crippen LogP contribution in [0.15, 0.2) is 24.3 Å². The molecule has 10 heteroatoms. The number of ketones is 2. The SMILES string of the molecule is C/C=C/C(O)C(CO)Nc1c(F)c(F)c(F)c2c1C(=O)c1c(O)ccc(O)c1C2=O. The first-order valence-corrected chi connectivity index (χ1v) is 8.68. The Morgan fingerprint density at radius 1 is 0.933 bits per heavy atom. The molecule has 0 heterocycles. The second-order valence-corrected chi connectivity index (χ2v) is 6.53. The molecule has 0 saturated heterocycles. The van der Waals surface area contributed by atoms with E-state index in [1.165, 1.54) is 12.2 Å². The van der Waals surface area contributed by atoms with Gasteiger partial charge in [-0.15, -0.1) is 0 Å². The van der Waals surface area contributed by atoms with E-state index in [4.69, 9.17) is 0 Å². The highest BCUT2D eigenvalue weighted by Gasteiger charge is 2.41. The van der Waals surface area contributed by atoms with Crippen LogP contribution in [0, 0.1) is 17.5 Å². The topological polar surface area (TPSA) is 127 Å². The Bertz CT molecular complexity index is 1100. The maximum Gasteiger partial charge on any atom is 0.201 e. The predicted molar refractivity (Wildman–Crippen MR) is 98.3 cm³/mol. The van der Waals surface area contributed by atoms with Crippen molar-refractivity contribution in [2.24, 2.45) is 0 Å². The van der Waals surface area contributed by atoms with E-state index >= 15 is 0 Å². The lowest BCUT2D eigenvalue weighted by Crippen LogP contribution is -2.37. The Hall–Kier alpha value is -3.37. The third-order valence-corrected chi connectivity index (χ3v) is 4.72. The van der Waals surface area contributed by atoms with Gasteiger partial charge in [0.1, 0.15) is 11.5 Å². The number of anilines is 1. The van der Waals surface area contributed by atoms with Crippen molar-refractivity contribution in [2.45, 2.75) is 19.1 Å². The number of aliphatic hydroxyl groups is 2. The van der Waals surface area contributed by atoms with Crippen LogP contribution in [-0.4, -0.2) is 50.7 Å². The normalized spacial score (nSPS) is 15.1. The van der Waals surface area contributed by atoms with Gasteiger partial charge in [0.2, 0.25) is 11.6 Å². The summed E-state index contributed by atoms with van der Waals surface area (Å²) in [6, 6.07) is 0.433. The molecule has 0 aromatic heterocycles. The Morgan fingerprint density at radius 2 is 1.47 bits per heavy atom. The van der Waals surface area contributed by atoms with Crippen molar-refractivity contribution in [2.75, 3.05) is 11.9 Å². The Kier molecular flexibility index (Phi) is 5.55. The highest BCUT2D eigenvalue weighted by Crippen LogP contribution is 2.42. The number of rotatable bonds is 5. The largest absolute Gasteiger partial charge is 0.507 e. The number of hydrogen-bond donors (Lipinski definition) is 5. The first-order chi connectivity index (χ1) is 14.1. The summed E-state index contributed by atoms with van der Waals surface area (Å²) in [5, 5.41) is 41.7. The second-order valence-electron chi connectivity index (χ2n) is 6.53. The van der Waals surface area contributed by atoms with E-state index in [2.05, 4.69) is 5.32 Å². The van der Waals surface area contributed by atoms with Crippen LogP contribution in [0.25, 0.3) is 0 Å². The molecule has 0 radical (unpaired) electrons. The van der Waals surface area contributed by atoms with Crippen molar-refractivity contribution in [3.05, 3.63) is 64.0 Å². The van der Waals surface area contributed by atoms with Crippen LogP contribution < -0.4 is 5.32 Å². The number of carbonyl (C=O) groups excluding carboxylic acids is 2. The van der Waals surface area contributed by atoms with E-state index in [1.807, 2.05) is 0 Å². The molecular weight excluding hydrogens is 407 g/mol. The molecule has 3 rings (SSSR count). The molecule has 2 unspecified atom stereocenters. The Labute approximate surface area is 167 Å². The van der Waals surface area contributed by atoms with E-state index in [9.17, 15) is 43.2 Å². The highest BCUT2D eigenvalue weighted by molar-refractivity contribution is 6.32. The number of carbonyl (C=O) groups is 2. The van der Waals surface area contributed by atoms with Gasteiger partial charge in [-0.1, -0.05) is 12.2 Å². The average Bonchev–Trinajstić information content (AvgIpc) is 2.71. The number of aromatic hydroxyl groups is 2. The predicted octanol–water partition coefficient (Wildman–Crippen LogP) is 2.00. The van der Waals surface area contributed by atoms with Gasteiger partial charge in [0, 0.05) is 0 Å². The molecule has 0 bridgehead atoms. The molecule has 0 amide bonds. The molecule has 2 aromatic rings. The van der Waals surface area contributed by atoms with Gasteiger partial charge >= 0.3 is 0 Å². The van der Waals surface area contributed by atoms with Crippen LogP contribution in [-0.2, 0) is 0 Å². The van der Waals surface area contributed by atoms with Crippen LogP contribution in [0.2, 0.25) is 0 Å². The summed E-state index contributed by atoms with van der Waals surface area (Å²) in [4.78, 5) is 25.7. The molecule has 30 heavy (non-hydrogen) atoms. The van der Waals surface area contributed by atoms with Crippen LogP contribution in [0.1, 0.15) is 38.8 Å². The van der Waals surface area contributed by atoms with Gasteiger partial charge in [-0.2, -0.15) is 0 Å². The fourth-order valence-corrected chi connectivity index (χ4v) is 3.28. The molecule has 2 atom stereocenters. The van der Waals surface area contributed by atoms with Gasteiger partial charge < -0.3 is 25.7 Å². The molecule has 1 aliphatic carbocycles. The van der Waals surface area contributed by atoms with Crippen molar-refractivity contribution in [3.63, 3.8) is 0 Å². The lowest BCUT2D eigenvalue weighted by atomic mass is 9.81. The first-order valence-electron chi connectivity index (χ1n) is 8.68. The number of phenolic OH excluding ortho intramolecular Hbond substituents is 2. The first kappa shape index (κ1) is 21.3. The Morgan fingerprint density at radius 3 is 1.97 bits per heavy atom. The summed E-state index contributed by atoms with van der Waals surface area (Å²) < 4.78 is 43.4. The van der Waals surface area contributed by atoms with Crippen molar-refractivity contribution in [1.82, 2.24) is 0 Å². The van der Waals surface area contributed by atoms with Crippen molar-refractivity contribution < 1.29 is 43.2 Å². The quantitative estimate of drug-likeness (QED) is 0.241. The molecule has 7 nitrogen and oxygen atoms in total. The second kappa shape index (κ2) is 7.81. The van der Waals surface area contributed by atoms with Crippen LogP contribution in [0.5, 0.6) is 11.5 Å². The number of allylic oxidation sites excluding steroid dienone is 1. The summed E-state index contributed by atoms with van der Waals surface area (Å²) in [7, 11) is 0. The minimum absolute atomic E-state index is 0.712. The molecule has 0 fully saturated rings. The zero-order chi connectivity index (χ0) is 22.3. The van der Waals surface area contributed by atoms with Crippen molar-refractivity contribution >= 4 is 17.3 Å². The van der Waals surface area contributed by atoms with E-state index in [0.717, 1.165) is 12.1 Å². The molecule has 158 valence electrons. The van der Waals surface area contributed by atoms with Gasteiger partial charge in [0.25, 0.3) is 0 Å². The number of hydrogen-bond acceptors (Lipinski definition) is 7. The van der Waals surface area contributed by atoms with Crippen LogP contribution >= 0.6 is 0 Å². The van der Waals surface area contributed by atoms with Gasteiger partial charge in [0.05, 0.1) is 46.7 Å². The van der Waals surface area contributed by atoms with Crippen molar-refractivity contribution in [3.8, 4) is 11.5 Å². The number of halogens is 3. The lowest BCUT2D eigenvalue weighted by molar-refractivity contribution is 0.0969. The number of nitrogens with one attached hydrogen (secondary N) is 1. The average molecular weight is 423 g/mol. The van der Waals surface area contributed by atoms with Gasteiger partial charge in [-0.05, 0) is 19.1 Å².